The maximum absolute atomic E-state index is 12.4. The molecule has 1 saturated heterocycles. The Morgan fingerprint density at radius 3 is 2.39 bits per heavy atom. The number of anilines is 1. The van der Waals surface area contributed by atoms with Crippen LogP contribution in [0.4, 0.5) is 5.69 Å². The molecule has 0 atom stereocenters. The normalized spacial score (nSPS) is 14.5. The SMILES string of the molecule is COc1ccccc1C(=O)CCC(=O)Nc1ccc(CN2CCCCC2)cc1. The van der Waals surface area contributed by atoms with E-state index in [1.807, 2.05) is 18.2 Å². The number of amides is 1. The number of piperidine rings is 1. The second kappa shape index (κ2) is 10.0. The van der Waals surface area contributed by atoms with E-state index >= 15 is 0 Å². The van der Waals surface area contributed by atoms with Crippen molar-refractivity contribution in [3.05, 3.63) is 59.7 Å². The quantitative estimate of drug-likeness (QED) is 0.695. The highest BCUT2D eigenvalue weighted by molar-refractivity contribution is 6.01. The summed E-state index contributed by atoms with van der Waals surface area (Å²) >= 11 is 0. The molecule has 1 aliphatic rings. The molecule has 1 aliphatic heterocycles. The highest BCUT2D eigenvalue weighted by Crippen LogP contribution is 2.20. The topological polar surface area (TPSA) is 58.6 Å². The van der Waals surface area contributed by atoms with Gasteiger partial charge in [0.25, 0.3) is 0 Å². The molecule has 3 rings (SSSR count). The minimum absolute atomic E-state index is 0.0931. The fraction of sp³-hybridized carbons (Fsp3) is 0.391. The predicted molar refractivity (Wildman–Crippen MR) is 111 cm³/mol. The molecule has 0 spiro atoms. The number of carbonyl (C=O) groups is 2. The average molecular weight is 380 g/mol. The van der Waals surface area contributed by atoms with Crippen LogP contribution in [-0.2, 0) is 11.3 Å². The van der Waals surface area contributed by atoms with Crippen LogP contribution in [-0.4, -0.2) is 36.8 Å². The second-order valence-corrected chi connectivity index (χ2v) is 7.21. The number of benzene rings is 2. The number of para-hydroxylation sites is 1. The lowest BCUT2D eigenvalue weighted by molar-refractivity contribution is -0.116. The molecule has 148 valence electrons. The number of methoxy groups -OCH3 is 1. The van der Waals surface area contributed by atoms with Crippen molar-refractivity contribution in [1.29, 1.82) is 0 Å². The molecular formula is C23H28N2O3. The molecule has 1 heterocycles. The van der Waals surface area contributed by atoms with Crippen molar-refractivity contribution in [1.82, 2.24) is 4.90 Å². The van der Waals surface area contributed by atoms with E-state index in [1.54, 1.807) is 18.2 Å². The van der Waals surface area contributed by atoms with E-state index in [1.165, 1.54) is 45.0 Å². The zero-order valence-corrected chi connectivity index (χ0v) is 16.4. The molecule has 28 heavy (non-hydrogen) atoms. The van der Waals surface area contributed by atoms with Gasteiger partial charge in [0.2, 0.25) is 5.91 Å². The van der Waals surface area contributed by atoms with Gasteiger partial charge in [-0.2, -0.15) is 0 Å². The van der Waals surface area contributed by atoms with Crippen molar-refractivity contribution in [2.45, 2.75) is 38.6 Å². The lowest BCUT2D eigenvalue weighted by Gasteiger charge is -2.26. The van der Waals surface area contributed by atoms with E-state index < -0.39 is 0 Å². The van der Waals surface area contributed by atoms with E-state index in [9.17, 15) is 9.59 Å². The van der Waals surface area contributed by atoms with Crippen LogP contribution >= 0.6 is 0 Å². The van der Waals surface area contributed by atoms with Crippen LogP contribution in [0.1, 0.15) is 48.0 Å². The Morgan fingerprint density at radius 1 is 0.964 bits per heavy atom. The summed E-state index contributed by atoms with van der Waals surface area (Å²) in [4.78, 5) is 27.0. The summed E-state index contributed by atoms with van der Waals surface area (Å²) in [6, 6.07) is 15.1. The monoisotopic (exact) mass is 380 g/mol. The van der Waals surface area contributed by atoms with Gasteiger partial charge in [-0.25, -0.2) is 0 Å². The number of nitrogens with zero attached hydrogens (tertiary/aromatic N) is 1. The summed E-state index contributed by atoms with van der Waals surface area (Å²) in [5, 5.41) is 2.87. The minimum atomic E-state index is -0.160. The summed E-state index contributed by atoms with van der Waals surface area (Å²) in [5.41, 5.74) is 2.53. The number of ketones is 1. The van der Waals surface area contributed by atoms with Crippen molar-refractivity contribution < 1.29 is 14.3 Å². The standard InChI is InChI=1S/C23H28N2O3/c1-28-22-8-4-3-7-20(22)21(26)13-14-23(27)24-19-11-9-18(10-12-19)17-25-15-5-2-6-16-25/h3-4,7-12H,2,5-6,13-17H2,1H3,(H,24,27). The Bertz CT molecular complexity index is 796. The fourth-order valence-corrected chi connectivity index (χ4v) is 3.53. The van der Waals surface area contributed by atoms with Gasteiger partial charge in [0, 0.05) is 25.1 Å². The smallest absolute Gasteiger partial charge is 0.224 e. The maximum atomic E-state index is 12.4. The van der Waals surface area contributed by atoms with Crippen LogP contribution in [0.2, 0.25) is 0 Å². The zero-order valence-electron chi connectivity index (χ0n) is 16.4. The third kappa shape index (κ3) is 5.67. The third-order valence-electron chi connectivity index (χ3n) is 5.08. The lowest BCUT2D eigenvalue weighted by atomic mass is 10.1. The van der Waals surface area contributed by atoms with E-state index in [-0.39, 0.29) is 24.5 Å². The molecule has 1 amide bonds. The van der Waals surface area contributed by atoms with Gasteiger partial charge in [-0.3, -0.25) is 14.5 Å². The van der Waals surface area contributed by atoms with Gasteiger partial charge in [-0.05, 0) is 55.8 Å². The van der Waals surface area contributed by atoms with Crippen LogP contribution in [0.5, 0.6) is 5.75 Å². The van der Waals surface area contributed by atoms with E-state index in [0.717, 1.165) is 12.2 Å². The molecule has 0 aliphatic carbocycles. The van der Waals surface area contributed by atoms with Gasteiger partial charge < -0.3 is 10.1 Å². The second-order valence-electron chi connectivity index (χ2n) is 7.21. The largest absolute Gasteiger partial charge is 0.496 e. The molecule has 2 aromatic rings. The Balaban J connectivity index is 1.47. The summed E-state index contributed by atoms with van der Waals surface area (Å²) < 4.78 is 5.21. The van der Waals surface area contributed by atoms with Crippen molar-refractivity contribution in [2.24, 2.45) is 0 Å². The molecule has 5 nitrogen and oxygen atoms in total. The number of nitrogens with one attached hydrogen (secondary N) is 1. The number of carbonyl (C=O) groups excluding carboxylic acids is 2. The van der Waals surface area contributed by atoms with Gasteiger partial charge in [-0.1, -0.05) is 30.7 Å². The average Bonchev–Trinajstić information content (AvgIpc) is 2.74. The van der Waals surface area contributed by atoms with Crippen LogP contribution in [0, 0.1) is 0 Å². The Kier molecular flexibility index (Phi) is 7.20. The first-order valence-corrected chi connectivity index (χ1v) is 9.93. The maximum Gasteiger partial charge on any atom is 0.224 e. The molecule has 5 heteroatoms. The van der Waals surface area contributed by atoms with Crippen molar-refractivity contribution in [2.75, 3.05) is 25.5 Å². The number of likely N-dealkylation sites (tertiary alicyclic amines) is 1. The van der Waals surface area contributed by atoms with Crippen molar-refractivity contribution in [3.63, 3.8) is 0 Å². The molecule has 0 aromatic heterocycles. The Labute approximate surface area is 166 Å². The minimum Gasteiger partial charge on any atom is -0.496 e. The van der Waals surface area contributed by atoms with Crippen LogP contribution in [0.15, 0.2) is 48.5 Å². The third-order valence-corrected chi connectivity index (χ3v) is 5.08. The van der Waals surface area contributed by atoms with Crippen LogP contribution in [0.3, 0.4) is 0 Å². The van der Waals surface area contributed by atoms with Gasteiger partial charge in [0.15, 0.2) is 5.78 Å². The van der Waals surface area contributed by atoms with Crippen molar-refractivity contribution in [3.8, 4) is 5.75 Å². The number of hydrogen-bond donors (Lipinski definition) is 1. The first kappa shape index (κ1) is 20.1. The van der Waals surface area contributed by atoms with Gasteiger partial charge >= 0.3 is 0 Å². The molecule has 0 radical (unpaired) electrons. The van der Waals surface area contributed by atoms with E-state index in [4.69, 9.17) is 4.74 Å². The van der Waals surface area contributed by atoms with Gasteiger partial charge in [0.1, 0.15) is 5.75 Å². The molecule has 1 fully saturated rings. The number of rotatable bonds is 8. The highest BCUT2D eigenvalue weighted by atomic mass is 16.5. The van der Waals surface area contributed by atoms with Gasteiger partial charge in [-0.15, -0.1) is 0 Å². The lowest BCUT2D eigenvalue weighted by Crippen LogP contribution is -2.29. The summed E-state index contributed by atoms with van der Waals surface area (Å²) in [5.74, 6) is 0.286. The Hall–Kier alpha value is -2.66. The molecule has 0 bridgehead atoms. The molecular weight excluding hydrogens is 352 g/mol. The molecule has 0 saturated carbocycles. The summed E-state index contributed by atoms with van der Waals surface area (Å²) in [6.07, 6.45) is 4.19. The van der Waals surface area contributed by atoms with Crippen LogP contribution in [0.25, 0.3) is 0 Å². The predicted octanol–water partition coefficient (Wildman–Crippen LogP) is 4.28. The fourth-order valence-electron chi connectivity index (χ4n) is 3.53. The summed E-state index contributed by atoms with van der Waals surface area (Å²) in [6.45, 7) is 3.29. The Morgan fingerprint density at radius 2 is 1.68 bits per heavy atom. The zero-order chi connectivity index (χ0) is 19.8. The number of hydrogen-bond acceptors (Lipinski definition) is 4. The first-order chi connectivity index (χ1) is 13.7. The molecule has 2 aromatic carbocycles. The first-order valence-electron chi connectivity index (χ1n) is 9.93. The van der Waals surface area contributed by atoms with E-state index in [0.29, 0.717) is 11.3 Å². The number of ether oxygens (including phenoxy) is 1. The van der Waals surface area contributed by atoms with Gasteiger partial charge in [0.05, 0.1) is 12.7 Å². The molecule has 0 unspecified atom stereocenters. The van der Waals surface area contributed by atoms with Crippen molar-refractivity contribution >= 4 is 17.4 Å². The van der Waals surface area contributed by atoms with E-state index in [2.05, 4.69) is 22.3 Å². The van der Waals surface area contributed by atoms with Crippen LogP contribution < -0.4 is 10.1 Å². The summed E-state index contributed by atoms with van der Waals surface area (Å²) in [7, 11) is 1.54. The highest BCUT2D eigenvalue weighted by Gasteiger charge is 2.14. The molecule has 1 N–H and O–H groups in total. The number of Topliss-reactive ketones (excluding diaryl/α,β-unsaturated/α-hetero) is 1.